The standard InChI is InChI=1S/C12H9BrN2O2S/c13-8-3-1-2-4-9(8)18-10-6-15-11(14)5-7(10)12(16)17/h1-6H,(H2,14,15)(H,16,17). The number of carboxylic acids is 1. The topological polar surface area (TPSA) is 76.2 Å². The van der Waals surface area contributed by atoms with Crippen LogP contribution in [-0.4, -0.2) is 16.1 Å². The molecule has 0 aliphatic heterocycles. The van der Waals surface area contributed by atoms with Gasteiger partial charge in [0.05, 0.1) is 5.56 Å². The number of rotatable bonds is 3. The summed E-state index contributed by atoms with van der Waals surface area (Å²) in [6, 6.07) is 8.94. The molecule has 4 nitrogen and oxygen atoms in total. The van der Waals surface area contributed by atoms with Gasteiger partial charge >= 0.3 is 5.97 Å². The minimum absolute atomic E-state index is 0.156. The summed E-state index contributed by atoms with van der Waals surface area (Å²) in [7, 11) is 0. The Morgan fingerprint density at radius 3 is 2.72 bits per heavy atom. The number of hydrogen-bond donors (Lipinski definition) is 2. The maximum Gasteiger partial charge on any atom is 0.337 e. The molecule has 0 spiro atoms. The molecule has 18 heavy (non-hydrogen) atoms. The molecule has 0 radical (unpaired) electrons. The second-order valence-corrected chi connectivity index (χ2v) is 5.38. The third kappa shape index (κ3) is 2.83. The first-order valence-electron chi connectivity index (χ1n) is 4.99. The highest BCUT2D eigenvalue weighted by atomic mass is 79.9. The number of aromatic nitrogens is 1. The second kappa shape index (κ2) is 5.41. The molecule has 0 fully saturated rings. The van der Waals surface area contributed by atoms with E-state index in [2.05, 4.69) is 20.9 Å². The number of anilines is 1. The number of aromatic carboxylic acids is 1. The zero-order chi connectivity index (χ0) is 13.1. The average molecular weight is 325 g/mol. The van der Waals surface area contributed by atoms with Crippen molar-refractivity contribution in [1.29, 1.82) is 0 Å². The maximum atomic E-state index is 11.1. The number of halogens is 1. The molecule has 6 heteroatoms. The molecule has 92 valence electrons. The molecule has 1 aromatic heterocycles. The largest absolute Gasteiger partial charge is 0.478 e. The van der Waals surface area contributed by atoms with Crippen molar-refractivity contribution in [2.75, 3.05) is 5.73 Å². The summed E-state index contributed by atoms with van der Waals surface area (Å²) in [5.74, 6) is -0.817. The van der Waals surface area contributed by atoms with Crippen molar-refractivity contribution >= 4 is 39.5 Å². The fourth-order valence-corrected chi connectivity index (χ4v) is 2.79. The van der Waals surface area contributed by atoms with E-state index < -0.39 is 5.97 Å². The van der Waals surface area contributed by atoms with Crippen LogP contribution in [0.5, 0.6) is 0 Å². The lowest BCUT2D eigenvalue weighted by Gasteiger charge is -2.07. The van der Waals surface area contributed by atoms with Crippen molar-refractivity contribution in [1.82, 2.24) is 4.98 Å². The van der Waals surface area contributed by atoms with Gasteiger partial charge in [-0.15, -0.1) is 0 Å². The highest BCUT2D eigenvalue weighted by Gasteiger charge is 2.13. The smallest absolute Gasteiger partial charge is 0.337 e. The van der Waals surface area contributed by atoms with E-state index in [1.807, 2.05) is 24.3 Å². The van der Waals surface area contributed by atoms with Gasteiger partial charge < -0.3 is 10.8 Å². The van der Waals surface area contributed by atoms with E-state index in [1.165, 1.54) is 24.0 Å². The van der Waals surface area contributed by atoms with Crippen LogP contribution in [-0.2, 0) is 0 Å². The monoisotopic (exact) mass is 324 g/mol. The summed E-state index contributed by atoms with van der Waals surface area (Å²) in [6.45, 7) is 0. The van der Waals surface area contributed by atoms with E-state index in [4.69, 9.17) is 10.8 Å². The van der Waals surface area contributed by atoms with Crippen LogP contribution in [0.15, 0.2) is 50.8 Å². The predicted octanol–water partition coefficient (Wildman–Crippen LogP) is 3.28. The van der Waals surface area contributed by atoms with Gasteiger partial charge in [0.2, 0.25) is 0 Å². The average Bonchev–Trinajstić information content (AvgIpc) is 2.34. The molecule has 0 aliphatic rings. The molecular weight excluding hydrogens is 316 g/mol. The third-order valence-corrected chi connectivity index (χ3v) is 4.25. The number of pyridine rings is 1. The van der Waals surface area contributed by atoms with E-state index in [-0.39, 0.29) is 11.4 Å². The number of benzene rings is 1. The summed E-state index contributed by atoms with van der Waals surface area (Å²) in [5, 5.41) is 9.13. The lowest BCUT2D eigenvalue weighted by Crippen LogP contribution is -2.02. The molecule has 0 amide bonds. The second-order valence-electron chi connectivity index (χ2n) is 3.44. The fourth-order valence-electron chi connectivity index (χ4n) is 1.35. The lowest BCUT2D eigenvalue weighted by molar-refractivity contribution is 0.0693. The van der Waals surface area contributed by atoms with Crippen LogP contribution >= 0.6 is 27.7 Å². The number of carbonyl (C=O) groups is 1. The van der Waals surface area contributed by atoms with Crippen LogP contribution in [0.25, 0.3) is 0 Å². The Kier molecular flexibility index (Phi) is 3.88. The van der Waals surface area contributed by atoms with E-state index in [0.29, 0.717) is 4.90 Å². The zero-order valence-electron chi connectivity index (χ0n) is 9.13. The minimum atomic E-state index is -1.02. The number of carboxylic acid groups (broad SMARTS) is 1. The lowest BCUT2D eigenvalue weighted by atomic mass is 10.2. The summed E-state index contributed by atoms with van der Waals surface area (Å²) in [6.07, 6.45) is 1.48. The first kappa shape index (κ1) is 12.9. The van der Waals surface area contributed by atoms with E-state index in [9.17, 15) is 4.79 Å². The van der Waals surface area contributed by atoms with Crippen LogP contribution < -0.4 is 5.73 Å². The normalized spacial score (nSPS) is 10.3. The van der Waals surface area contributed by atoms with Crippen LogP contribution in [0, 0.1) is 0 Å². The van der Waals surface area contributed by atoms with Gasteiger partial charge in [0, 0.05) is 20.5 Å². The first-order valence-corrected chi connectivity index (χ1v) is 6.60. The van der Waals surface area contributed by atoms with Crippen LogP contribution in [0.2, 0.25) is 0 Å². The molecule has 0 atom stereocenters. The Morgan fingerprint density at radius 1 is 1.33 bits per heavy atom. The zero-order valence-corrected chi connectivity index (χ0v) is 11.5. The molecule has 2 rings (SSSR count). The van der Waals surface area contributed by atoms with Gasteiger partial charge in [0.25, 0.3) is 0 Å². The molecule has 1 aromatic carbocycles. The predicted molar refractivity (Wildman–Crippen MR) is 73.9 cm³/mol. The van der Waals surface area contributed by atoms with Gasteiger partial charge in [-0.3, -0.25) is 0 Å². The van der Waals surface area contributed by atoms with Gasteiger partial charge in [0.1, 0.15) is 5.82 Å². The molecule has 2 aromatic rings. The van der Waals surface area contributed by atoms with Gasteiger partial charge in [-0.05, 0) is 34.1 Å². The van der Waals surface area contributed by atoms with Gasteiger partial charge in [-0.25, -0.2) is 9.78 Å². The van der Waals surface area contributed by atoms with Gasteiger partial charge in [-0.1, -0.05) is 23.9 Å². The summed E-state index contributed by atoms with van der Waals surface area (Å²) in [4.78, 5) is 16.5. The number of nitrogen functional groups attached to an aromatic ring is 1. The molecular formula is C12H9BrN2O2S. The van der Waals surface area contributed by atoms with Crippen molar-refractivity contribution in [3.05, 3.63) is 46.6 Å². The quantitative estimate of drug-likeness (QED) is 0.906. The van der Waals surface area contributed by atoms with Crippen molar-refractivity contribution < 1.29 is 9.90 Å². The van der Waals surface area contributed by atoms with E-state index >= 15 is 0 Å². The number of hydrogen-bond acceptors (Lipinski definition) is 4. The van der Waals surface area contributed by atoms with Crippen LogP contribution in [0.4, 0.5) is 5.82 Å². The molecule has 0 aliphatic carbocycles. The molecule has 0 bridgehead atoms. The number of nitrogens with two attached hydrogens (primary N) is 1. The van der Waals surface area contributed by atoms with Crippen molar-refractivity contribution in [3.8, 4) is 0 Å². The maximum absolute atomic E-state index is 11.1. The van der Waals surface area contributed by atoms with Gasteiger partial charge in [-0.2, -0.15) is 0 Å². The van der Waals surface area contributed by atoms with Gasteiger partial charge in [0.15, 0.2) is 0 Å². The molecule has 0 saturated carbocycles. The Bertz CT molecular complexity index is 604. The highest BCUT2D eigenvalue weighted by molar-refractivity contribution is 9.10. The summed E-state index contributed by atoms with van der Waals surface area (Å²) < 4.78 is 0.906. The summed E-state index contributed by atoms with van der Waals surface area (Å²) in [5.41, 5.74) is 5.65. The van der Waals surface area contributed by atoms with E-state index in [1.54, 1.807) is 0 Å². The first-order chi connectivity index (χ1) is 8.58. The molecule has 0 saturated heterocycles. The Balaban J connectivity index is 2.41. The Morgan fingerprint density at radius 2 is 2.06 bits per heavy atom. The van der Waals surface area contributed by atoms with Crippen molar-refractivity contribution in [2.24, 2.45) is 0 Å². The molecule has 3 N–H and O–H groups in total. The van der Waals surface area contributed by atoms with E-state index in [0.717, 1.165) is 9.37 Å². The fraction of sp³-hybridized carbons (Fsp3) is 0. The van der Waals surface area contributed by atoms with Crippen LogP contribution in [0.3, 0.4) is 0 Å². The summed E-state index contributed by atoms with van der Waals surface area (Å²) >= 11 is 4.75. The molecule has 0 unspecified atom stereocenters. The SMILES string of the molecule is Nc1cc(C(=O)O)c(Sc2ccccc2Br)cn1. The minimum Gasteiger partial charge on any atom is -0.478 e. The highest BCUT2D eigenvalue weighted by Crippen LogP contribution is 2.35. The Labute approximate surface area is 116 Å². The molecule has 1 heterocycles. The van der Waals surface area contributed by atoms with Crippen molar-refractivity contribution in [3.63, 3.8) is 0 Å². The third-order valence-electron chi connectivity index (χ3n) is 2.18. The van der Waals surface area contributed by atoms with Crippen molar-refractivity contribution in [2.45, 2.75) is 9.79 Å². The number of nitrogens with zero attached hydrogens (tertiary/aromatic N) is 1. The van der Waals surface area contributed by atoms with Crippen LogP contribution in [0.1, 0.15) is 10.4 Å². The Hall–Kier alpha value is -1.53.